The van der Waals surface area contributed by atoms with Crippen molar-refractivity contribution in [2.45, 2.75) is 38.0 Å². The van der Waals surface area contributed by atoms with Crippen LogP contribution in [0.4, 0.5) is 5.69 Å². The summed E-state index contributed by atoms with van der Waals surface area (Å²) in [5, 5.41) is 0. The van der Waals surface area contributed by atoms with E-state index in [1.807, 2.05) is 18.2 Å². The maximum atomic E-state index is 5.76. The fourth-order valence-electron chi connectivity index (χ4n) is 2.62. The molecular formula is C13H17ClN3-. The van der Waals surface area contributed by atoms with Crippen molar-refractivity contribution in [3.05, 3.63) is 24.0 Å². The molecule has 0 atom stereocenters. The van der Waals surface area contributed by atoms with Gasteiger partial charge in [0.1, 0.15) is 5.82 Å². The Morgan fingerprint density at radius 3 is 2.71 bits per heavy atom. The second-order valence-corrected chi connectivity index (χ2v) is 4.73. The van der Waals surface area contributed by atoms with Crippen molar-refractivity contribution in [1.82, 2.24) is 9.97 Å². The van der Waals surface area contributed by atoms with Crippen LogP contribution in [0, 0.1) is 0 Å². The summed E-state index contributed by atoms with van der Waals surface area (Å²) in [5.74, 6) is 1.78. The van der Waals surface area contributed by atoms with E-state index in [0.717, 1.165) is 22.5 Å². The first-order valence-corrected chi connectivity index (χ1v) is 6.08. The number of H-pyrrole nitrogens is 1. The molecule has 1 heterocycles. The molecule has 1 saturated carbocycles. The molecule has 3 N–H and O–H groups in total. The van der Waals surface area contributed by atoms with Crippen LogP contribution in [-0.2, 0) is 0 Å². The maximum Gasteiger partial charge on any atom is 0.110 e. The van der Waals surface area contributed by atoms with Gasteiger partial charge in [0.25, 0.3) is 0 Å². The van der Waals surface area contributed by atoms with Gasteiger partial charge in [-0.3, -0.25) is 0 Å². The van der Waals surface area contributed by atoms with Crippen LogP contribution in [0.1, 0.15) is 43.8 Å². The zero-order chi connectivity index (χ0) is 11.0. The lowest BCUT2D eigenvalue weighted by atomic mass is 9.89. The highest BCUT2D eigenvalue weighted by Gasteiger charge is 2.18. The molecule has 0 bridgehead atoms. The van der Waals surface area contributed by atoms with Crippen LogP contribution in [0.2, 0.25) is 0 Å². The zero-order valence-electron chi connectivity index (χ0n) is 9.75. The fraction of sp³-hybridized carbons (Fsp3) is 0.462. The number of rotatable bonds is 1. The Morgan fingerprint density at radius 2 is 1.94 bits per heavy atom. The van der Waals surface area contributed by atoms with E-state index < -0.39 is 0 Å². The highest BCUT2D eigenvalue weighted by molar-refractivity contribution is 5.78. The molecule has 1 aliphatic carbocycles. The minimum atomic E-state index is 0. The molecule has 0 radical (unpaired) electrons. The van der Waals surface area contributed by atoms with Gasteiger partial charge in [-0.1, -0.05) is 19.3 Å². The van der Waals surface area contributed by atoms with Crippen LogP contribution in [0.25, 0.3) is 11.0 Å². The van der Waals surface area contributed by atoms with Gasteiger partial charge in [0.05, 0.1) is 11.0 Å². The smallest absolute Gasteiger partial charge is 0.110 e. The van der Waals surface area contributed by atoms with E-state index >= 15 is 0 Å². The minimum Gasteiger partial charge on any atom is -1.00 e. The Hall–Kier alpha value is -1.22. The molecule has 2 aromatic rings. The molecule has 92 valence electrons. The summed E-state index contributed by atoms with van der Waals surface area (Å²) in [6.45, 7) is 0. The second-order valence-electron chi connectivity index (χ2n) is 4.73. The Morgan fingerprint density at radius 1 is 1.18 bits per heavy atom. The predicted octanol–water partition coefficient (Wildman–Crippen LogP) is 0.197. The van der Waals surface area contributed by atoms with E-state index in [9.17, 15) is 0 Å². The van der Waals surface area contributed by atoms with E-state index in [0.29, 0.717) is 5.92 Å². The summed E-state index contributed by atoms with van der Waals surface area (Å²) in [4.78, 5) is 8.08. The number of aromatic amines is 1. The molecule has 1 aliphatic rings. The molecule has 1 fully saturated rings. The number of hydrogen-bond donors (Lipinski definition) is 2. The molecule has 1 aromatic carbocycles. The van der Waals surface area contributed by atoms with Crippen molar-refractivity contribution in [2.24, 2.45) is 0 Å². The number of imidazole rings is 1. The van der Waals surface area contributed by atoms with E-state index in [-0.39, 0.29) is 12.4 Å². The SMILES string of the molecule is Nc1ccc2nc(C3CCCCC3)[nH]c2c1.[Cl-]. The van der Waals surface area contributed by atoms with Crippen LogP contribution in [-0.4, -0.2) is 9.97 Å². The summed E-state index contributed by atoms with van der Waals surface area (Å²) in [7, 11) is 0. The van der Waals surface area contributed by atoms with Crippen molar-refractivity contribution in [2.75, 3.05) is 5.73 Å². The van der Waals surface area contributed by atoms with Gasteiger partial charge in [0, 0.05) is 11.6 Å². The number of nitrogen functional groups attached to an aromatic ring is 1. The first kappa shape index (κ1) is 12.2. The van der Waals surface area contributed by atoms with E-state index in [2.05, 4.69) is 9.97 Å². The van der Waals surface area contributed by atoms with Crippen LogP contribution in [0.3, 0.4) is 0 Å². The van der Waals surface area contributed by atoms with Gasteiger partial charge in [0.2, 0.25) is 0 Å². The number of nitrogens with zero attached hydrogens (tertiary/aromatic N) is 1. The first-order valence-electron chi connectivity index (χ1n) is 6.08. The lowest BCUT2D eigenvalue weighted by Gasteiger charge is -2.18. The molecule has 0 amide bonds. The van der Waals surface area contributed by atoms with E-state index in [1.54, 1.807) is 0 Å². The molecule has 0 unspecified atom stereocenters. The van der Waals surface area contributed by atoms with Crippen molar-refractivity contribution in [3.63, 3.8) is 0 Å². The number of nitrogens with one attached hydrogen (secondary N) is 1. The fourth-order valence-corrected chi connectivity index (χ4v) is 2.62. The molecule has 1 aromatic heterocycles. The normalized spacial score (nSPS) is 16.9. The summed E-state index contributed by atoms with van der Waals surface area (Å²) < 4.78 is 0. The molecule has 3 rings (SSSR count). The number of anilines is 1. The predicted molar refractivity (Wildman–Crippen MR) is 66.3 cm³/mol. The zero-order valence-corrected chi connectivity index (χ0v) is 10.5. The van der Waals surface area contributed by atoms with Gasteiger partial charge >= 0.3 is 0 Å². The second kappa shape index (κ2) is 4.96. The summed E-state index contributed by atoms with van der Waals surface area (Å²) in [5.41, 5.74) is 8.67. The molecule has 0 spiro atoms. The largest absolute Gasteiger partial charge is 1.00 e. The monoisotopic (exact) mass is 250 g/mol. The van der Waals surface area contributed by atoms with Crippen molar-refractivity contribution < 1.29 is 12.4 Å². The Balaban J connectivity index is 0.00000108. The number of benzene rings is 1. The van der Waals surface area contributed by atoms with Crippen LogP contribution >= 0.6 is 0 Å². The highest BCUT2D eigenvalue weighted by Crippen LogP contribution is 2.32. The number of fused-ring (bicyclic) bond motifs is 1. The average molecular weight is 251 g/mol. The topological polar surface area (TPSA) is 54.7 Å². The van der Waals surface area contributed by atoms with Gasteiger partial charge in [-0.05, 0) is 31.0 Å². The number of halogens is 1. The van der Waals surface area contributed by atoms with Gasteiger partial charge in [0.15, 0.2) is 0 Å². The summed E-state index contributed by atoms with van der Waals surface area (Å²) in [6.07, 6.45) is 6.60. The van der Waals surface area contributed by atoms with E-state index in [4.69, 9.17) is 5.73 Å². The third kappa shape index (κ3) is 2.39. The van der Waals surface area contributed by atoms with E-state index in [1.165, 1.54) is 32.1 Å². The lowest BCUT2D eigenvalue weighted by molar-refractivity contribution is -0.00000345. The van der Waals surface area contributed by atoms with Crippen molar-refractivity contribution in [3.8, 4) is 0 Å². The quantitative estimate of drug-likeness (QED) is 0.711. The first-order chi connectivity index (χ1) is 7.83. The van der Waals surface area contributed by atoms with Crippen LogP contribution in [0.15, 0.2) is 18.2 Å². The highest BCUT2D eigenvalue weighted by atomic mass is 35.5. The Labute approximate surface area is 107 Å². The summed E-state index contributed by atoms with van der Waals surface area (Å²) in [6, 6.07) is 5.87. The molecule has 0 aliphatic heterocycles. The standard InChI is InChI=1S/C13H17N3.ClH/c14-10-6-7-11-12(8-10)16-13(15-11)9-4-2-1-3-5-9;/h6-9H,1-5,14H2,(H,15,16);1H/p-1. The number of aromatic nitrogens is 2. The number of nitrogens with two attached hydrogens (primary N) is 1. The molecule has 17 heavy (non-hydrogen) atoms. The molecular weight excluding hydrogens is 234 g/mol. The van der Waals surface area contributed by atoms with Gasteiger partial charge in [-0.2, -0.15) is 0 Å². The van der Waals surface area contributed by atoms with Gasteiger partial charge in [-0.25, -0.2) is 4.98 Å². The minimum absolute atomic E-state index is 0. The van der Waals surface area contributed by atoms with Crippen molar-refractivity contribution >= 4 is 16.7 Å². The molecule has 4 heteroatoms. The van der Waals surface area contributed by atoms with Crippen LogP contribution < -0.4 is 18.1 Å². The van der Waals surface area contributed by atoms with Gasteiger partial charge in [-0.15, -0.1) is 0 Å². The maximum absolute atomic E-state index is 5.76. The van der Waals surface area contributed by atoms with Crippen molar-refractivity contribution in [1.29, 1.82) is 0 Å². The Kier molecular flexibility index (Phi) is 3.57. The third-order valence-corrected chi connectivity index (χ3v) is 3.52. The average Bonchev–Trinajstić information content (AvgIpc) is 2.73. The van der Waals surface area contributed by atoms with Gasteiger partial charge < -0.3 is 23.1 Å². The molecule has 0 saturated heterocycles. The Bertz CT molecular complexity index is 500. The summed E-state index contributed by atoms with van der Waals surface area (Å²) >= 11 is 0. The number of hydrogen-bond acceptors (Lipinski definition) is 2. The molecule has 3 nitrogen and oxygen atoms in total. The third-order valence-electron chi connectivity index (χ3n) is 3.52. The van der Waals surface area contributed by atoms with Crippen LogP contribution in [0.5, 0.6) is 0 Å². The lowest BCUT2D eigenvalue weighted by Crippen LogP contribution is -3.00.